The number of amidine groups is 1. The van der Waals surface area contributed by atoms with E-state index in [1.807, 2.05) is 11.8 Å². The minimum absolute atomic E-state index is 0.00698. The number of carbonyl (C=O) groups excluding carboxylic acids is 3. The highest BCUT2D eigenvalue weighted by Gasteiger charge is 2.23. The molecule has 1 aliphatic heterocycles. The van der Waals surface area contributed by atoms with Crippen LogP contribution in [0.1, 0.15) is 62.7 Å². The van der Waals surface area contributed by atoms with Gasteiger partial charge >= 0.3 is 0 Å². The van der Waals surface area contributed by atoms with Crippen LogP contribution in [-0.4, -0.2) is 60.5 Å². The number of aryl methyl sites for hydroxylation is 1. The van der Waals surface area contributed by atoms with Crippen molar-refractivity contribution in [1.82, 2.24) is 15.1 Å². The minimum Gasteiger partial charge on any atom is -0.384 e. The molecule has 0 aromatic heterocycles. The SMILES string of the molecule is Cc1cc(C(=O)NC(CC(=O)N(C)C)c2cccc(C(=N)N)c2)ccc1C(=O)N1CCCC1. The van der Waals surface area contributed by atoms with E-state index in [1.54, 1.807) is 56.6 Å². The second-order valence-corrected chi connectivity index (χ2v) is 8.59. The molecule has 0 bridgehead atoms. The van der Waals surface area contributed by atoms with Crippen molar-refractivity contribution in [2.45, 2.75) is 32.2 Å². The van der Waals surface area contributed by atoms with Crippen LogP contribution in [0.15, 0.2) is 42.5 Å². The van der Waals surface area contributed by atoms with Gasteiger partial charge in [0, 0.05) is 43.9 Å². The molecule has 1 aliphatic rings. The summed E-state index contributed by atoms with van der Waals surface area (Å²) >= 11 is 0. The Morgan fingerprint density at radius 2 is 1.79 bits per heavy atom. The molecule has 1 saturated heterocycles. The van der Waals surface area contributed by atoms with Crippen molar-refractivity contribution < 1.29 is 14.4 Å². The molecule has 3 amide bonds. The summed E-state index contributed by atoms with van der Waals surface area (Å²) < 4.78 is 0. The van der Waals surface area contributed by atoms with Gasteiger partial charge in [-0.2, -0.15) is 0 Å². The summed E-state index contributed by atoms with van der Waals surface area (Å²) in [7, 11) is 3.32. The third-order valence-corrected chi connectivity index (χ3v) is 5.90. The van der Waals surface area contributed by atoms with Gasteiger partial charge in [-0.1, -0.05) is 18.2 Å². The zero-order valence-electron chi connectivity index (χ0n) is 19.4. The zero-order chi connectivity index (χ0) is 24.1. The normalized spacial score (nSPS) is 14.0. The molecule has 2 aromatic rings. The van der Waals surface area contributed by atoms with Gasteiger partial charge in [-0.05, 0) is 55.2 Å². The van der Waals surface area contributed by atoms with Crippen molar-refractivity contribution in [2.75, 3.05) is 27.2 Å². The first-order chi connectivity index (χ1) is 15.7. The fourth-order valence-electron chi connectivity index (χ4n) is 3.91. The molecule has 3 rings (SSSR count). The van der Waals surface area contributed by atoms with Crippen molar-refractivity contribution >= 4 is 23.6 Å². The van der Waals surface area contributed by atoms with E-state index in [-0.39, 0.29) is 30.0 Å². The molecular weight excluding hydrogens is 418 g/mol. The number of amides is 3. The van der Waals surface area contributed by atoms with E-state index >= 15 is 0 Å². The predicted molar refractivity (Wildman–Crippen MR) is 127 cm³/mol. The maximum atomic E-state index is 13.1. The minimum atomic E-state index is -0.599. The van der Waals surface area contributed by atoms with Gasteiger partial charge in [-0.15, -0.1) is 0 Å². The zero-order valence-corrected chi connectivity index (χ0v) is 19.4. The number of carbonyl (C=O) groups is 3. The second kappa shape index (κ2) is 10.3. The molecular formula is C25H31N5O3. The molecule has 0 aliphatic carbocycles. The molecule has 8 nitrogen and oxygen atoms in total. The van der Waals surface area contributed by atoms with Crippen molar-refractivity contribution in [3.05, 3.63) is 70.3 Å². The molecule has 1 atom stereocenters. The molecule has 2 aromatic carbocycles. The molecule has 4 N–H and O–H groups in total. The van der Waals surface area contributed by atoms with Gasteiger partial charge in [-0.3, -0.25) is 19.8 Å². The average molecular weight is 450 g/mol. The molecule has 1 heterocycles. The van der Waals surface area contributed by atoms with Crippen LogP contribution in [0.25, 0.3) is 0 Å². The first-order valence-electron chi connectivity index (χ1n) is 11.0. The van der Waals surface area contributed by atoms with Crippen LogP contribution in [0.4, 0.5) is 0 Å². The molecule has 0 saturated carbocycles. The van der Waals surface area contributed by atoms with E-state index in [0.717, 1.165) is 31.5 Å². The standard InChI is InChI=1S/C25H31N5O3/c1-16-13-19(9-10-20(16)25(33)30-11-4-5-12-30)24(32)28-21(15-22(31)29(2)3)17-7-6-8-18(14-17)23(26)27/h6-10,13-14,21H,4-5,11-12,15H2,1-3H3,(H3,26,27)(H,28,32). The Morgan fingerprint density at radius 1 is 1.09 bits per heavy atom. The van der Waals surface area contributed by atoms with E-state index in [4.69, 9.17) is 11.1 Å². The van der Waals surface area contributed by atoms with Crippen molar-refractivity contribution in [2.24, 2.45) is 5.73 Å². The highest BCUT2D eigenvalue weighted by atomic mass is 16.2. The first kappa shape index (κ1) is 24.0. The number of nitrogens with one attached hydrogen (secondary N) is 2. The molecule has 8 heteroatoms. The fourth-order valence-corrected chi connectivity index (χ4v) is 3.91. The molecule has 1 fully saturated rings. The third kappa shape index (κ3) is 5.77. The van der Waals surface area contributed by atoms with E-state index in [0.29, 0.717) is 22.3 Å². The molecule has 33 heavy (non-hydrogen) atoms. The Balaban J connectivity index is 1.83. The van der Waals surface area contributed by atoms with Gasteiger partial charge in [0.15, 0.2) is 0 Å². The lowest BCUT2D eigenvalue weighted by molar-refractivity contribution is -0.129. The topological polar surface area (TPSA) is 120 Å². The maximum Gasteiger partial charge on any atom is 0.254 e. The quantitative estimate of drug-likeness (QED) is 0.444. The van der Waals surface area contributed by atoms with Crippen molar-refractivity contribution in [1.29, 1.82) is 5.41 Å². The number of hydrogen-bond donors (Lipinski definition) is 3. The number of benzene rings is 2. The van der Waals surface area contributed by atoms with Crippen LogP contribution in [-0.2, 0) is 4.79 Å². The molecule has 0 radical (unpaired) electrons. The maximum absolute atomic E-state index is 13.1. The van der Waals surface area contributed by atoms with Crippen LogP contribution >= 0.6 is 0 Å². The highest BCUT2D eigenvalue weighted by Crippen LogP contribution is 2.22. The number of likely N-dealkylation sites (tertiary alicyclic amines) is 1. The number of nitrogen functional groups attached to an aromatic ring is 1. The Kier molecular flexibility index (Phi) is 7.48. The van der Waals surface area contributed by atoms with Crippen molar-refractivity contribution in [3.63, 3.8) is 0 Å². The smallest absolute Gasteiger partial charge is 0.254 e. The van der Waals surface area contributed by atoms with E-state index in [9.17, 15) is 14.4 Å². The second-order valence-electron chi connectivity index (χ2n) is 8.59. The summed E-state index contributed by atoms with van der Waals surface area (Å²) in [5, 5.41) is 10.6. The van der Waals surface area contributed by atoms with Crippen LogP contribution in [0.5, 0.6) is 0 Å². The van der Waals surface area contributed by atoms with E-state index < -0.39 is 6.04 Å². The van der Waals surface area contributed by atoms with Gasteiger partial charge in [0.05, 0.1) is 12.5 Å². The summed E-state index contributed by atoms with van der Waals surface area (Å²) in [6, 6.07) is 11.4. The number of nitrogens with zero attached hydrogens (tertiary/aromatic N) is 2. The van der Waals surface area contributed by atoms with E-state index in [1.165, 1.54) is 4.90 Å². The Hall–Kier alpha value is -3.68. The average Bonchev–Trinajstić information content (AvgIpc) is 3.33. The van der Waals surface area contributed by atoms with E-state index in [2.05, 4.69) is 5.32 Å². The van der Waals surface area contributed by atoms with Gasteiger partial charge in [0.2, 0.25) is 5.91 Å². The molecule has 174 valence electrons. The van der Waals surface area contributed by atoms with Crippen LogP contribution in [0, 0.1) is 12.3 Å². The summed E-state index contributed by atoms with van der Waals surface area (Å²) in [5.41, 5.74) is 8.56. The lowest BCUT2D eigenvalue weighted by Crippen LogP contribution is -2.34. The van der Waals surface area contributed by atoms with Crippen molar-refractivity contribution in [3.8, 4) is 0 Å². The van der Waals surface area contributed by atoms with Gasteiger partial charge in [-0.25, -0.2) is 0 Å². The summed E-state index contributed by atoms with van der Waals surface area (Å²) in [5.74, 6) is -0.582. The first-order valence-corrected chi connectivity index (χ1v) is 11.0. The van der Waals surface area contributed by atoms with Crippen LogP contribution in [0.3, 0.4) is 0 Å². The van der Waals surface area contributed by atoms with Crippen LogP contribution in [0.2, 0.25) is 0 Å². The van der Waals surface area contributed by atoms with Gasteiger partial charge < -0.3 is 20.9 Å². The summed E-state index contributed by atoms with van der Waals surface area (Å²) in [6.07, 6.45) is 2.09. The summed E-state index contributed by atoms with van der Waals surface area (Å²) in [4.78, 5) is 41.6. The molecule has 0 spiro atoms. The third-order valence-electron chi connectivity index (χ3n) is 5.90. The number of nitrogens with two attached hydrogens (primary N) is 1. The molecule has 1 unspecified atom stereocenters. The van der Waals surface area contributed by atoms with Gasteiger partial charge in [0.1, 0.15) is 5.84 Å². The monoisotopic (exact) mass is 449 g/mol. The fraction of sp³-hybridized carbons (Fsp3) is 0.360. The number of rotatable bonds is 7. The van der Waals surface area contributed by atoms with Gasteiger partial charge in [0.25, 0.3) is 11.8 Å². The Bertz CT molecular complexity index is 1070. The lowest BCUT2D eigenvalue weighted by Gasteiger charge is -2.22. The predicted octanol–water partition coefficient (Wildman–Crippen LogP) is 2.46. The largest absolute Gasteiger partial charge is 0.384 e. The highest BCUT2D eigenvalue weighted by molar-refractivity contribution is 5.99. The summed E-state index contributed by atoms with van der Waals surface area (Å²) in [6.45, 7) is 3.35. The number of hydrogen-bond acceptors (Lipinski definition) is 4. The Labute approximate surface area is 194 Å². The Morgan fingerprint density at radius 3 is 2.39 bits per heavy atom. The van der Waals surface area contributed by atoms with Crippen LogP contribution < -0.4 is 11.1 Å². The lowest BCUT2D eigenvalue weighted by atomic mass is 9.99.